The molecule has 0 bridgehead atoms. The summed E-state index contributed by atoms with van der Waals surface area (Å²) in [5, 5.41) is 10.6. The molecule has 0 saturated carbocycles. The summed E-state index contributed by atoms with van der Waals surface area (Å²) in [6.07, 6.45) is -0.197. The second-order valence-electron chi connectivity index (χ2n) is 3.81. The molecule has 1 unspecified atom stereocenters. The van der Waals surface area contributed by atoms with Crippen LogP contribution in [0.25, 0.3) is 0 Å². The van der Waals surface area contributed by atoms with Crippen LogP contribution in [0.15, 0.2) is 24.3 Å². The average molecular weight is 253 g/mol. The van der Waals surface area contributed by atoms with Gasteiger partial charge in [0.05, 0.1) is 17.6 Å². The summed E-state index contributed by atoms with van der Waals surface area (Å²) in [5.74, 6) is -0.290. The molecule has 0 aliphatic rings. The zero-order chi connectivity index (χ0) is 13.5. The summed E-state index contributed by atoms with van der Waals surface area (Å²) >= 11 is 0. The van der Waals surface area contributed by atoms with Crippen molar-refractivity contribution in [2.45, 2.75) is 13.0 Å². The molecule has 1 atom stereocenters. The van der Waals surface area contributed by atoms with Gasteiger partial charge in [-0.3, -0.25) is 14.9 Å². The second kappa shape index (κ2) is 6.83. The van der Waals surface area contributed by atoms with Gasteiger partial charge in [0.15, 0.2) is 5.78 Å². The standard InChI is InChI=1S/C12H15NO5/c1-9(7-17-2)18-8-12(14)10-4-3-5-11(6-10)13(15)16/h3-6,9H,7-8H2,1-2H3. The number of nitro groups is 1. The summed E-state index contributed by atoms with van der Waals surface area (Å²) in [4.78, 5) is 21.8. The number of benzene rings is 1. The molecule has 1 aromatic rings. The fraction of sp³-hybridized carbons (Fsp3) is 0.417. The zero-order valence-corrected chi connectivity index (χ0v) is 10.3. The Morgan fingerprint density at radius 2 is 2.22 bits per heavy atom. The topological polar surface area (TPSA) is 78.7 Å². The van der Waals surface area contributed by atoms with E-state index >= 15 is 0 Å². The Morgan fingerprint density at radius 3 is 2.83 bits per heavy atom. The molecule has 0 saturated heterocycles. The fourth-order valence-electron chi connectivity index (χ4n) is 1.38. The van der Waals surface area contributed by atoms with E-state index in [0.717, 1.165) is 0 Å². The summed E-state index contributed by atoms with van der Waals surface area (Å²) in [6, 6.07) is 5.58. The number of rotatable bonds is 7. The minimum atomic E-state index is -0.537. The molecule has 0 fully saturated rings. The molecular weight excluding hydrogens is 238 g/mol. The van der Waals surface area contributed by atoms with Crippen molar-refractivity contribution in [3.63, 3.8) is 0 Å². The quantitative estimate of drug-likeness (QED) is 0.421. The van der Waals surface area contributed by atoms with Crippen molar-refractivity contribution in [2.24, 2.45) is 0 Å². The van der Waals surface area contributed by atoms with Gasteiger partial charge in [-0.2, -0.15) is 0 Å². The van der Waals surface area contributed by atoms with Crippen LogP contribution in [0.2, 0.25) is 0 Å². The van der Waals surface area contributed by atoms with Crippen LogP contribution < -0.4 is 0 Å². The lowest BCUT2D eigenvalue weighted by molar-refractivity contribution is -0.384. The van der Waals surface area contributed by atoms with Gasteiger partial charge >= 0.3 is 0 Å². The van der Waals surface area contributed by atoms with E-state index in [1.165, 1.54) is 24.3 Å². The van der Waals surface area contributed by atoms with Crippen LogP contribution >= 0.6 is 0 Å². The highest BCUT2D eigenvalue weighted by molar-refractivity contribution is 5.97. The number of nitrogens with zero attached hydrogens (tertiary/aromatic N) is 1. The van der Waals surface area contributed by atoms with Crippen LogP contribution in [0.5, 0.6) is 0 Å². The van der Waals surface area contributed by atoms with Gasteiger partial charge in [0.1, 0.15) is 6.61 Å². The Labute approximate surface area is 105 Å². The lowest BCUT2D eigenvalue weighted by Gasteiger charge is -2.10. The molecule has 1 rings (SSSR count). The monoisotopic (exact) mass is 253 g/mol. The van der Waals surface area contributed by atoms with E-state index in [-0.39, 0.29) is 29.7 Å². The van der Waals surface area contributed by atoms with Crippen LogP contribution in [0, 0.1) is 10.1 Å². The van der Waals surface area contributed by atoms with Crippen molar-refractivity contribution in [1.29, 1.82) is 0 Å². The van der Waals surface area contributed by atoms with E-state index in [1.807, 2.05) is 0 Å². The molecule has 0 aliphatic heterocycles. The first-order valence-corrected chi connectivity index (χ1v) is 5.42. The lowest BCUT2D eigenvalue weighted by Crippen LogP contribution is -2.19. The summed E-state index contributed by atoms with van der Waals surface area (Å²) in [5.41, 5.74) is 0.166. The first-order chi connectivity index (χ1) is 8.54. The molecule has 1 aromatic carbocycles. The number of carbonyl (C=O) groups is 1. The van der Waals surface area contributed by atoms with Gasteiger partial charge in [-0.05, 0) is 6.92 Å². The van der Waals surface area contributed by atoms with Crippen molar-refractivity contribution < 1.29 is 19.2 Å². The summed E-state index contributed by atoms with van der Waals surface area (Å²) in [7, 11) is 1.54. The largest absolute Gasteiger partial charge is 0.382 e. The van der Waals surface area contributed by atoms with E-state index in [1.54, 1.807) is 14.0 Å². The third-order valence-corrected chi connectivity index (χ3v) is 2.28. The second-order valence-corrected chi connectivity index (χ2v) is 3.81. The van der Waals surface area contributed by atoms with Gasteiger partial charge in [0.2, 0.25) is 0 Å². The van der Waals surface area contributed by atoms with Crippen molar-refractivity contribution in [1.82, 2.24) is 0 Å². The van der Waals surface area contributed by atoms with Crippen LogP contribution in [0.4, 0.5) is 5.69 Å². The number of non-ortho nitro benzene ring substituents is 1. The Bertz CT molecular complexity index is 432. The number of methoxy groups -OCH3 is 1. The van der Waals surface area contributed by atoms with Crippen LogP contribution in [-0.2, 0) is 9.47 Å². The Kier molecular flexibility index (Phi) is 5.41. The predicted octanol–water partition coefficient (Wildman–Crippen LogP) is 1.83. The van der Waals surface area contributed by atoms with Crippen LogP contribution in [0.3, 0.4) is 0 Å². The van der Waals surface area contributed by atoms with Crippen molar-refractivity contribution in [3.8, 4) is 0 Å². The maximum atomic E-state index is 11.7. The average Bonchev–Trinajstić information content (AvgIpc) is 2.36. The molecule has 6 nitrogen and oxygen atoms in total. The normalized spacial score (nSPS) is 12.1. The van der Waals surface area contributed by atoms with Gasteiger partial charge in [-0.15, -0.1) is 0 Å². The van der Waals surface area contributed by atoms with E-state index in [2.05, 4.69) is 0 Å². The first-order valence-electron chi connectivity index (χ1n) is 5.42. The minimum Gasteiger partial charge on any atom is -0.382 e. The molecule has 0 aliphatic carbocycles. The molecule has 0 spiro atoms. The molecule has 0 aromatic heterocycles. The van der Waals surface area contributed by atoms with Crippen molar-refractivity contribution in [3.05, 3.63) is 39.9 Å². The zero-order valence-electron chi connectivity index (χ0n) is 10.3. The maximum Gasteiger partial charge on any atom is 0.270 e. The van der Waals surface area contributed by atoms with Gasteiger partial charge < -0.3 is 9.47 Å². The fourth-order valence-corrected chi connectivity index (χ4v) is 1.38. The third-order valence-electron chi connectivity index (χ3n) is 2.28. The number of ether oxygens (including phenoxy) is 2. The SMILES string of the molecule is COCC(C)OCC(=O)c1cccc([N+](=O)[O-])c1. The highest BCUT2D eigenvalue weighted by Gasteiger charge is 2.12. The Balaban J connectivity index is 2.61. The van der Waals surface area contributed by atoms with Gasteiger partial charge in [0.25, 0.3) is 5.69 Å². The third kappa shape index (κ3) is 4.23. The number of Topliss-reactive ketones (excluding diaryl/α,β-unsaturated/α-hetero) is 1. The van der Waals surface area contributed by atoms with E-state index < -0.39 is 4.92 Å². The summed E-state index contributed by atoms with van der Waals surface area (Å²) in [6.45, 7) is 2.05. The maximum absolute atomic E-state index is 11.7. The minimum absolute atomic E-state index is 0.106. The number of hydrogen-bond donors (Lipinski definition) is 0. The van der Waals surface area contributed by atoms with E-state index in [4.69, 9.17) is 9.47 Å². The molecule has 0 heterocycles. The highest BCUT2D eigenvalue weighted by atomic mass is 16.6. The molecular formula is C12H15NO5. The molecule has 18 heavy (non-hydrogen) atoms. The molecule has 6 heteroatoms. The van der Waals surface area contributed by atoms with E-state index in [0.29, 0.717) is 6.61 Å². The van der Waals surface area contributed by atoms with Gasteiger partial charge in [0, 0.05) is 24.8 Å². The Morgan fingerprint density at radius 1 is 1.50 bits per heavy atom. The number of nitro benzene ring substituents is 1. The van der Waals surface area contributed by atoms with Gasteiger partial charge in [-0.25, -0.2) is 0 Å². The van der Waals surface area contributed by atoms with Crippen LogP contribution in [0.1, 0.15) is 17.3 Å². The van der Waals surface area contributed by atoms with Gasteiger partial charge in [-0.1, -0.05) is 12.1 Å². The Hall–Kier alpha value is -1.79. The number of ketones is 1. The molecule has 0 radical (unpaired) electrons. The predicted molar refractivity (Wildman–Crippen MR) is 64.7 cm³/mol. The molecule has 0 N–H and O–H groups in total. The molecule has 98 valence electrons. The van der Waals surface area contributed by atoms with Crippen molar-refractivity contribution in [2.75, 3.05) is 20.3 Å². The van der Waals surface area contributed by atoms with Crippen LogP contribution in [-0.4, -0.2) is 37.1 Å². The summed E-state index contributed by atoms with van der Waals surface area (Å²) < 4.78 is 10.1. The van der Waals surface area contributed by atoms with E-state index in [9.17, 15) is 14.9 Å². The highest BCUT2D eigenvalue weighted by Crippen LogP contribution is 2.13. The lowest BCUT2D eigenvalue weighted by atomic mass is 10.1. The first kappa shape index (κ1) is 14.3. The number of hydrogen-bond acceptors (Lipinski definition) is 5. The molecule has 0 amide bonds. The van der Waals surface area contributed by atoms with Crippen molar-refractivity contribution >= 4 is 11.5 Å². The smallest absolute Gasteiger partial charge is 0.270 e. The number of carbonyl (C=O) groups excluding carboxylic acids is 1.